The van der Waals surface area contributed by atoms with E-state index < -0.39 is 0 Å². The van der Waals surface area contributed by atoms with E-state index in [0.717, 1.165) is 5.56 Å². The Kier molecular flexibility index (Phi) is 3.97. The zero-order valence-corrected chi connectivity index (χ0v) is 8.90. The molecule has 0 bridgehead atoms. The Labute approximate surface area is 88.8 Å². The third-order valence-electron chi connectivity index (χ3n) is 1.95. The molecule has 0 saturated heterocycles. The summed E-state index contributed by atoms with van der Waals surface area (Å²) in [7, 11) is 0. The summed E-state index contributed by atoms with van der Waals surface area (Å²) in [6, 6.07) is 5.09. The van der Waals surface area contributed by atoms with E-state index in [1.54, 1.807) is 25.1 Å². The summed E-state index contributed by atoms with van der Waals surface area (Å²) in [5.41, 5.74) is 1.55. The van der Waals surface area contributed by atoms with Crippen molar-refractivity contribution in [3.05, 3.63) is 23.8 Å². The summed E-state index contributed by atoms with van der Waals surface area (Å²) in [5, 5.41) is 21.1. The average Bonchev–Trinajstić information content (AvgIpc) is 2.23. The predicted octanol–water partition coefficient (Wildman–Crippen LogP) is 2.18. The minimum Gasteiger partial charge on any atom is -0.504 e. The van der Waals surface area contributed by atoms with Gasteiger partial charge in [0.15, 0.2) is 11.5 Å². The van der Waals surface area contributed by atoms with Crippen LogP contribution in [0.3, 0.4) is 0 Å². The molecular weight excluding hydrogens is 194 g/mol. The molecule has 4 heteroatoms. The topological polar surface area (TPSA) is 62.0 Å². The summed E-state index contributed by atoms with van der Waals surface area (Å²) in [6.07, 6.45) is 0.539. The van der Waals surface area contributed by atoms with Crippen LogP contribution in [-0.2, 0) is 6.42 Å². The highest BCUT2D eigenvalue weighted by Crippen LogP contribution is 2.26. The lowest BCUT2D eigenvalue weighted by Crippen LogP contribution is -1.99. The second-order valence-electron chi connectivity index (χ2n) is 3.25. The van der Waals surface area contributed by atoms with Gasteiger partial charge in [0.25, 0.3) is 0 Å². The van der Waals surface area contributed by atoms with E-state index in [-0.39, 0.29) is 5.75 Å². The Hall–Kier alpha value is -1.71. The monoisotopic (exact) mass is 209 g/mol. The first kappa shape index (κ1) is 11.4. The number of nitrogens with zero attached hydrogens (tertiary/aromatic N) is 1. The van der Waals surface area contributed by atoms with Gasteiger partial charge in [-0.3, -0.25) is 0 Å². The van der Waals surface area contributed by atoms with Crippen molar-refractivity contribution in [2.24, 2.45) is 5.16 Å². The molecule has 1 aromatic carbocycles. The van der Waals surface area contributed by atoms with Gasteiger partial charge in [-0.15, -0.1) is 0 Å². The molecule has 0 aromatic heterocycles. The van der Waals surface area contributed by atoms with Gasteiger partial charge in [0.05, 0.1) is 12.3 Å². The number of hydrogen-bond donors (Lipinski definition) is 2. The highest BCUT2D eigenvalue weighted by Gasteiger charge is 2.04. The van der Waals surface area contributed by atoms with Crippen LogP contribution in [0.4, 0.5) is 0 Å². The molecule has 0 aliphatic carbocycles. The fourth-order valence-electron chi connectivity index (χ4n) is 1.27. The van der Waals surface area contributed by atoms with Gasteiger partial charge in [0, 0.05) is 6.42 Å². The number of ether oxygens (including phenoxy) is 1. The maximum absolute atomic E-state index is 9.45. The molecule has 0 heterocycles. The van der Waals surface area contributed by atoms with Crippen LogP contribution in [0.25, 0.3) is 0 Å². The van der Waals surface area contributed by atoms with Crippen molar-refractivity contribution in [3.8, 4) is 11.5 Å². The third kappa shape index (κ3) is 3.16. The summed E-state index contributed by atoms with van der Waals surface area (Å²) in [4.78, 5) is 0. The lowest BCUT2D eigenvalue weighted by atomic mass is 10.1. The number of phenols is 1. The molecule has 82 valence electrons. The van der Waals surface area contributed by atoms with Gasteiger partial charge >= 0.3 is 0 Å². The number of phenolic OH excluding ortho intramolecular Hbond substituents is 1. The van der Waals surface area contributed by atoms with E-state index in [9.17, 15) is 5.11 Å². The average molecular weight is 209 g/mol. The zero-order chi connectivity index (χ0) is 11.3. The second-order valence-corrected chi connectivity index (χ2v) is 3.25. The summed E-state index contributed by atoms with van der Waals surface area (Å²) in [6.45, 7) is 4.09. The third-order valence-corrected chi connectivity index (χ3v) is 1.95. The molecule has 0 saturated carbocycles. The van der Waals surface area contributed by atoms with Gasteiger partial charge in [0.2, 0.25) is 0 Å². The van der Waals surface area contributed by atoms with Crippen molar-refractivity contribution in [2.45, 2.75) is 20.3 Å². The number of oxime groups is 1. The van der Waals surface area contributed by atoms with E-state index in [2.05, 4.69) is 5.16 Å². The van der Waals surface area contributed by atoms with Crippen LogP contribution >= 0.6 is 0 Å². The van der Waals surface area contributed by atoms with Crippen LogP contribution < -0.4 is 4.74 Å². The Morgan fingerprint density at radius 1 is 1.47 bits per heavy atom. The fraction of sp³-hybridized carbons (Fsp3) is 0.364. The fourth-order valence-corrected chi connectivity index (χ4v) is 1.27. The van der Waals surface area contributed by atoms with Gasteiger partial charge in [-0.25, -0.2) is 0 Å². The first-order valence-electron chi connectivity index (χ1n) is 4.79. The number of aromatic hydroxyl groups is 1. The lowest BCUT2D eigenvalue weighted by molar-refractivity contribution is 0.316. The van der Waals surface area contributed by atoms with Crippen molar-refractivity contribution < 1.29 is 15.1 Å². The van der Waals surface area contributed by atoms with Crippen molar-refractivity contribution in [3.63, 3.8) is 0 Å². The van der Waals surface area contributed by atoms with E-state index in [0.29, 0.717) is 24.5 Å². The number of benzene rings is 1. The maximum atomic E-state index is 9.45. The summed E-state index contributed by atoms with van der Waals surface area (Å²) < 4.78 is 5.24. The van der Waals surface area contributed by atoms with Crippen LogP contribution in [0.5, 0.6) is 11.5 Å². The Morgan fingerprint density at radius 2 is 2.20 bits per heavy atom. The van der Waals surface area contributed by atoms with Crippen LogP contribution in [0.1, 0.15) is 19.4 Å². The molecule has 2 N–H and O–H groups in total. The van der Waals surface area contributed by atoms with Crippen LogP contribution in [0, 0.1) is 0 Å². The quantitative estimate of drug-likeness (QED) is 0.454. The molecule has 0 amide bonds. The van der Waals surface area contributed by atoms with Gasteiger partial charge in [-0.2, -0.15) is 0 Å². The van der Waals surface area contributed by atoms with Gasteiger partial charge < -0.3 is 15.1 Å². The van der Waals surface area contributed by atoms with Crippen LogP contribution in [-0.4, -0.2) is 22.6 Å². The van der Waals surface area contributed by atoms with E-state index in [1.165, 1.54) is 0 Å². The van der Waals surface area contributed by atoms with Gasteiger partial charge in [0.1, 0.15) is 0 Å². The molecule has 4 nitrogen and oxygen atoms in total. The molecule has 1 rings (SSSR count). The van der Waals surface area contributed by atoms with Crippen molar-refractivity contribution in [1.29, 1.82) is 0 Å². The normalized spacial score (nSPS) is 11.5. The Balaban J connectivity index is 2.87. The number of rotatable bonds is 4. The highest BCUT2D eigenvalue weighted by molar-refractivity contribution is 5.83. The molecule has 0 fully saturated rings. The van der Waals surface area contributed by atoms with Crippen molar-refractivity contribution in [1.82, 2.24) is 0 Å². The molecule has 1 aromatic rings. The summed E-state index contributed by atoms with van der Waals surface area (Å²) >= 11 is 0. The van der Waals surface area contributed by atoms with E-state index >= 15 is 0 Å². The Bertz CT molecular complexity index is 361. The highest BCUT2D eigenvalue weighted by atomic mass is 16.5. The zero-order valence-electron chi connectivity index (χ0n) is 8.90. The molecule has 0 atom stereocenters. The largest absolute Gasteiger partial charge is 0.504 e. The lowest BCUT2D eigenvalue weighted by Gasteiger charge is -2.07. The van der Waals surface area contributed by atoms with Crippen molar-refractivity contribution in [2.75, 3.05) is 6.61 Å². The Morgan fingerprint density at radius 3 is 2.80 bits per heavy atom. The SMILES string of the molecule is CCOc1cc(C/C(C)=N/O)ccc1O. The minimum absolute atomic E-state index is 0.124. The van der Waals surface area contributed by atoms with E-state index in [1.807, 2.05) is 6.92 Å². The van der Waals surface area contributed by atoms with Crippen LogP contribution in [0.2, 0.25) is 0 Å². The van der Waals surface area contributed by atoms with E-state index in [4.69, 9.17) is 9.94 Å². The van der Waals surface area contributed by atoms with Gasteiger partial charge in [-0.05, 0) is 31.5 Å². The van der Waals surface area contributed by atoms with Crippen LogP contribution in [0.15, 0.2) is 23.4 Å². The molecular formula is C11H15NO3. The summed E-state index contributed by atoms with van der Waals surface area (Å²) in [5.74, 6) is 0.583. The first-order valence-corrected chi connectivity index (χ1v) is 4.79. The molecule has 0 radical (unpaired) electrons. The minimum atomic E-state index is 0.124. The van der Waals surface area contributed by atoms with Gasteiger partial charge in [-0.1, -0.05) is 11.2 Å². The second kappa shape index (κ2) is 5.24. The molecule has 0 spiro atoms. The standard InChI is InChI=1S/C11H15NO3/c1-3-15-11-7-9(4-5-10(11)13)6-8(2)12-14/h4-5,7,13-14H,3,6H2,1-2H3/b12-8+. The smallest absolute Gasteiger partial charge is 0.161 e. The molecule has 0 unspecified atom stereocenters. The molecule has 0 aliphatic heterocycles. The van der Waals surface area contributed by atoms with Crippen molar-refractivity contribution >= 4 is 5.71 Å². The maximum Gasteiger partial charge on any atom is 0.161 e. The first-order chi connectivity index (χ1) is 7.17. The predicted molar refractivity (Wildman–Crippen MR) is 57.9 cm³/mol. The number of hydrogen-bond acceptors (Lipinski definition) is 4. The molecule has 15 heavy (non-hydrogen) atoms. The molecule has 0 aliphatic rings.